The molecule has 47 heavy (non-hydrogen) atoms. The number of nitrogens with one attached hydrogen (secondary N) is 1. The number of carbonyl (C=O) groups excluding carboxylic acids is 3. The van der Waals surface area contributed by atoms with Crippen molar-refractivity contribution in [3.63, 3.8) is 0 Å². The van der Waals surface area contributed by atoms with Crippen molar-refractivity contribution in [2.24, 2.45) is 5.92 Å². The molecule has 0 saturated carbocycles. The van der Waals surface area contributed by atoms with E-state index in [-0.39, 0.29) is 23.8 Å². The molecule has 0 radical (unpaired) electrons. The minimum absolute atomic E-state index is 0.115. The van der Waals surface area contributed by atoms with Gasteiger partial charge in [0, 0.05) is 43.5 Å². The van der Waals surface area contributed by atoms with Gasteiger partial charge in [-0.3, -0.25) is 14.5 Å². The van der Waals surface area contributed by atoms with Crippen LogP contribution in [0.15, 0.2) is 90.4 Å². The molecule has 0 aliphatic carbocycles. The number of anilines is 1. The fraction of sp³-hybridized carbons (Fsp3) is 0.359. The zero-order chi connectivity index (χ0) is 33.3. The summed E-state index contributed by atoms with van der Waals surface area (Å²) in [5, 5.41) is 3.13. The van der Waals surface area contributed by atoms with Gasteiger partial charge in [-0.05, 0) is 105 Å². The van der Waals surface area contributed by atoms with Crippen LogP contribution in [0.1, 0.15) is 67.1 Å². The predicted octanol–water partition coefficient (Wildman–Crippen LogP) is 7.33. The highest BCUT2D eigenvalue weighted by Gasteiger charge is 2.33. The Bertz CT molecular complexity index is 1770. The zero-order valence-electron chi connectivity index (χ0n) is 28.0. The van der Waals surface area contributed by atoms with Crippen molar-refractivity contribution in [1.82, 2.24) is 15.1 Å². The van der Waals surface area contributed by atoms with Crippen LogP contribution in [-0.2, 0) is 16.1 Å². The summed E-state index contributed by atoms with van der Waals surface area (Å²) in [7, 11) is 0. The normalized spacial score (nSPS) is 17.6. The third-order valence-electron chi connectivity index (χ3n) is 9.08. The molecule has 1 atom stereocenters. The summed E-state index contributed by atoms with van der Waals surface area (Å²) < 4.78 is 5.57. The quantitative estimate of drug-likeness (QED) is 0.319. The largest absolute Gasteiger partial charge is 0.444 e. The molecule has 1 N–H and O–H groups in total. The standard InChI is InChI=1S/C39H44N4O4/c1-26-11-6-8-14-32(26)33-18-16-29(21-27(33)2)37(45)43-25-31-17-19-35(42(31)24-30-13-7-9-15-34(30)43)36(44)40-22-28-12-10-20-41(23-28)38(46)47-39(3,4)5/h6-9,11,13-16,18-19,21,25,28H,10,12,17,20,22-24H2,1-5H3,(H,40,44). The van der Waals surface area contributed by atoms with Crippen LogP contribution in [0.5, 0.6) is 0 Å². The van der Waals surface area contributed by atoms with E-state index in [0.717, 1.165) is 46.5 Å². The first-order chi connectivity index (χ1) is 22.5. The Morgan fingerprint density at radius 3 is 2.45 bits per heavy atom. The number of amides is 3. The number of aryl methyl sites for hydroxylation is 2. The first-order valence-electron chi connectivity index (χ1n) is 16.5. The smallest absolute Gasteiger partial charge is 0.410 e. The average molecular weight is 633 g/mol. The van der Waals surface area contributed by atoms with Crippen LogP contribution in [0.3, 0.4) is 0 Å². The minimum atomic E-state index is -0.546. The topological polar surface area (TPSA) is 82.2 Å². The first-order valence-corrected chi connectivity index (χ1v) is 16.5. The third-order valence-corrected chi connectivity index (χ3v) is 9.08. The van der Waals surface area contributed by atoms with Gasteiger partial charge in [0.25, 0.3) is 11.8 Å². The minimum Gasteiger partial charge on any atom is -0.444 e. The number of hydrogen-bond donors (Lipinski definition) is 1. The number of likely N-dealkylation sites (tertiary alicyclic amines) is 1. The second-order valence-corrected chi connectivity index (χ2v) is 13.8. The summed E-state index contributed by atoms with van der Waals surface area (Å²) in [6, 6.07) is 22.1. The molecule has 8 nitrogen and oxygen atoms in total. The molecule has 244 valence electrons. The summed E-state index contributed by atoms with van der Waals surface area (Å²) in [5.74, 6) is -0.116. The van der Waals surface area contributed by atoms with Gasteiger partial charge < -0.3 is 19.9 Å². The van der Waals surface area contributed by atoms with Crippen LogP contribution in [-0.4, -0.2) is 52.9 Å². The Labute approximate surface area is 277 Å². The highest BCUT2D eigenvalue weighted by atomic mass is 16.6. The molecule has 6 rings (SSSR count). The Kier molecular flexibility index (Phi) is 8.95. The summed E-state index contributed by atoms with van der Waals surface area (Å²) in [4.78, 5) is 45.9. The van der Waals surface area contributed by atoms with Crippen LogP contribution >= 0.6 is 0 Å². The molecule has 3 heterocycles. The van der Waals surface area contributed by atoms with Crippen LogP contribution in [0.4, 0.5) is 10.5 Å². The molecule has 1 unspecified atom stereocenters. The lowest BCUT2D eigenvalue weighted by molar-refractivity contribution is -0.119. The molecule has 3 amide bonds. The third kappa shape index (κ3) is 6.97. The highest BCUT2D eigenvalue weighted by molar-refractivity contribution is 6.08. The SMILES string of the molecule is Cc1ccccc1-c1ccc(C(=O)N2C=C3CC=C(C(=O)NCC4CCCN(C(=O)OC(C)(C)C)C4)N3Cc3ccccc32)cc1C. The summed E-state index contributed by atoms with van der Waals surface area (Å²) in [6.45, 7) is 11.9. The van der Waals surface area contributed by atoms with Gasteiger partial charge >= 0.3 is 6.09 Å². The fourth-order valence-electron chi connectivity index (χ4n) is 6.70. The summed E-state index contributed by atoms with van der Waals surface area (Å²) in [5.41, 5.74) is 7.81. The lowest BCUT2D eigenvalue weighted by atomic mass is 9.95. The first kappa shape index (κ1) is 32.1. The van der Waals surface area contributed by atoms with Gasteiger partial charge in [0.1, 0.15) is 11.3 Å². The number of piperidine rings is 1. The summed E-state index contributed by atoms with van der Waals surface area (Å²) >= 11 is 0. The zero-order valence-corrected chi connectivity index (χ0v) is 28.0. The van der Waals surface area contributed by atoms with E-state index in [4.69, 9.17) is 4.74 Å². The maximum Gasteiger partial charge on any atom is 0.410 e. The van der Waals surface area contributed by atoms with E-state index in [9.17, 15) is 14.4 Å². The maximum atomic E-state index is 14.1. The predicted molar refractivity (Wildman–Crippen MR) is 184 cm³/mol. The van der Waals surface area contributed by atoms with E-state index in [1.54, 1.807) is 9.80 Å². The highest BCUT2D eigenvalue weighted by Crippen LogP contribution is 2.36. The molecule has 3 aromatic rings. The van der Waals surface area contributed by atoms with Crippen molar-refractivity contribution in [2.45, 2.75) is 66.0 Å². The van der Waals surface area contributed by atoms with E-state index in [1.807, 2.05) is 99.5 Å². The van der Waals surface area contributed by atoms with Crippen LogP contribution in [0.25, 0.3) is 11.1 Å². The molecule has 3 aliphatic heterocycles. The Morgan fingerprint density at radius 1 is 0.936 bits per heavy atom. The number of para-hydroxylation sites is 1. The Morgan fingerprint density at radius 2 is 1.68 bits per heavy atom. The Balaban J connectivity index is 1.17. The number of benzene rings is 3. The van der Waals surface area contributed by atoms with E-state index < -0.39 is 5.60 Å². The molecule has 8 heteroatoms. The van der Waals surface area contributed by atoms with Crippen LogP contribution in [0.2, 0.25) is 0 Å². The molecular weight excluding hydrogens is 588 g/mol. The number of carbonyl (C=O) groups is 3. The van der Waals surface area contributed by atoms with Crippen molar-refractivity contribution in [3.05, 3.63) is 113 Å². The second-order valence-electron chi connectivity index (χ2n) is 13.8. The van der Waals surface area contributed by atoms with Crippen molar-refractivity contribution in [2.75, 3.05) is 24.5 Å². The number of rotatable bonds is 5. The number of ether oxygens (including phenoxy) is 1. The second kappa shape index (κ2) is 13.1. The van der Waals surface area contributed by atoms with Gasteiger partial charge in [-0.25, -0.2) is 4.79 Å². The monoisotopic (exact) mass is 632 g/mol. The van der Waals surface area contributed by atoms with E-state index in [1.165, 1.54) is 5.56 Å². The number of nitrogens with zero attached hydrogens (tertiary/aromatic N) is 3. The fourth-order valence-corrected chi connectivity index (χ4v) is 6.70. The molecular formula is C39H44N4O4. The lowest BCUT2D eigenvalue weighted by Crippen LogP contribution is -2.46. The van der Waals surface area contributed by atoms with Crippen LogP contribution < -0.4 is 10.2 Å². The van der Waals surface area contributed by atoms with Gasteiger partial charge in [0.2, 0.25) is 0 Å². The van der Waals surface area contributed by atoms with E-state index >= 15 is 0 Å². The Hall–Kier alpha value is -4.85. The van der Waals surface area contributed by atoms with Gasteiger partial charge in [-0.2, -0.15) is 0 Å². The van der Waals surface area contributed by atoms with Crippen molar-refractivity contribution in [3.8, 4) is 11.1 Å². The molecule has 3 aromatic carbocycles. The number of allylic oxidation sites excluding steroid dienone is 1. The van der Waals surface area contributed by atoms with Gasteiger partial charge in [-0.15, -0.1) is 0 Å². The molecule has 1 fully saturated rings. The van der Waals surface area contributed by atoms with Crippen molar-refractivity contribution in [1.29, 1.82) is 0 Å². The maximum absolute atomic E-state index is 14.1. The van der Waals surface area contributed by atoms with Crippen molar-refractivity contribution >= 4 is 23.6 Å². The van der Waals surface area contributed by atoms with Gasteiger partial charge in [-0.1, -0.05) is 48.5 Å². The van der Waals surface area contributed by atoms with Crippen LogP contribution in [0, 0.1) is 19.8 Å². The average Bonchev–Trinajstić information content (AvgIpc) is 3.36. The van der Waals surface area contributed by atoms with Gasteiger partial charge in [0.05, 0.1) is 12.2 Å². The lowest BCUT2D eigenvalue weighted by Gasteiger charge is -2.34. The van der Waals surface area contributed by atoms with Gasteiger partial charge in [0.15, 0.2) is 0 Å². The van der Waals surface area contributed by atoms with Crippen molar-refractivity contribution < 1.29 is 19.1 Å². The molecule has 1 saturated heterocycles. The molecule has 0 spiro atoms. The molecule has 0 bridgehead atoms. The number of hydrogen-bond acceptors (Lipinski definition) is 5. The summed E-state index contributed by atoms with van der Waals surface area (Å²) in [6.07, 6.45) is 5.87. The van der Waals surface area contributed by atoms with E-state index in [0.29, 0.717) is 43.9 Å². The number of fused-ring (bicyclic) bond motifs is 2. The molecule has 3 aliphatic rings. The van der Waals surface area contributed by atoms with E-state index in [2.05, 4.69) is 24.4 Å². The molecule has 0 aromatic heterocycles.